The maximum Gasteiger partial charge on any atom is 0.201 e. The van der Waals surface area contributed by atoms with Gasteiger partial charge in [0, 0.05) is 12.6 Å². The smallest absolute Gasteiger partial charge is 0.201 e. The zero-order chi connectivity index (χ0) is 11.0. The van der Waals surface area contributed by atoms with Gasteiger partial charge in [-0.05, 0) is 25.5 Å². The average molecular weight is 204 g/mol. The summed E-state index contributed by atoms with van der Waals surface area (Å²) in [5.74, 6) is 0.556. The molecule has 0 aliphatic heterocycles. The molecule has 0 aliphatic carbocycles. The van der Waals surface area contributed by atoms with Crippen molar-refractivity contribution in [3.8, 4) is 0 Å². The molecule has 0 radical (unpaired) electrons. The molecule has 4 N–H and O–H groups in total. The highest BCUT2D eigenvalue weighted by atomic mass is 15.2. The van der Waals surface area contributed by atoms with Crippen LogP contribution in [-0.4, -0.2) is 9.55 Å². The molecular weight excluding hydrogens is 188 g/mol. The van der Waals surface area contributed by atoms with Gasteiger partial charge in [0.15, 0.2) is 0 Å². The Hall–Kier alpha value is -1.55. The lowest BCUT2D eigenvalue weighted by Gasteiger charge is -2.10. The second-order valence-electron chi connectivity index (χ2n) is 3.92. The van der Waals surface area contributed by atoms with Crippen LogP contribution in [0, 0.1) is 0 Å². The van der Waals surface area contributed by atoms with Gasteiger partial charge in [0.05, 0.1) is 11.0 Å². The molecular formula is C11H16N4. The minimum atomic E-state index is 0.308. The first-order valence-corrected chi connectivity index (χ1v) is 5.10. The average Bonchev–Trinajstić information content (AvgIpc) is 2.53. The monoisotopic (exact) mass is 204 g/mol. The molecule has 2 aromatic rings. The number of hydrogen-bond donors (Lipinski definition) is 2. The van der Waals surface area contributed by atoms with Gasteiger partial charge in [-0.3, -0.25) is 0 Å². The van der Waals surface area contributed by atoms with Crippen molar-refractivity contribution >= 4 is 17.0 Å². The minimum absolute atomic E-state index is 0.308. The molecule has 4 nitrogen and oxygen atoms in total. The highest BCUT2D eigenvalue weighted by Crippen LogP contribution is 2.24. The van der Waals surface area contributed by atoms with Crippen LogP contribution in [0.3, 0.4) is 0 Å². The predicted molar refractivity (Wildman–Crippen MR) is 62.4 cm³/mol. The summed E-state index contributed by atoms with van der Waals surface area (Å²) in [4.78, 5) is 4.37. The van der Waals surface area contributed by atoms with Gasteiger partial charge < -0.3 is 16.0 Å². The van der Waals surface area contributed by atoms with E-state index in [0.717, 1.165) is 16.6 Å². The Bertz CT molecular complexity index is 485. The molecule has 2 rings (SSSR count). The highest BCUT2D eigenvalue weighted by molar-refractivity contribution is 5.81. The summed E-state index contributed by atoms with van der Waals surface area (Å²) in [7, 11) is 0. The number of imidazole rings is 1. The van der Waals surface area contributed by atoms with Gasteiger partial charge in [0.2, 0.25) is 5.95 Å². The quantitative estimate of drug-likeness (QED) is 0.781. The van der Waals surface area contributed by atoms with Crippen molar-refractivity contribution in [3.05, 3.63) is 23.8 Å². The number of hydrogen-bond acceptors (Lipinski definition) is 3. The molecule has 0 spiro atoms. The van der Waals surface area contributed by atoms with Crippen LogP contribution in [0.5, 0.6) is 0 Å². The minimum Gasteiger partial charge on any atom is -0.369 e. The number of fused-ring (bicyclic) bond motifs is 1. The topological polar surface area (TPSA) is 69.9 Å². The van der Waals surface area contributed by atoms with E-state index in [1.54, 1.807) is 0 Å². The van der Waals surface area contributed by atoms with Gasteiger partial charge in [-0.1, -0.05) is 12.1 Å². The molecule has 0 fully saturated rings. The van der Waals surface area contributed by atoms with Gasteiger partial charge in [0.25, 0.3) is 0 Å². The Morgan fingerprint density at radius 1 is 1.40 bits per heavy atom. The van der Waals surface area contributed by atoms with E-state index in [1.165, 1.54) is 0 Å². The van der Waals surface area contributed by atoms with Gasteiger partial charge in [0.1, 0.15) is 0 Å². The number of nitrogens with zero attached hydrogens (tertiary/aromatic N) is 2. The number of aromatic nitrogens is 2. The van der Waals surface area contributed by atoms with Crippen LogP contribution in [0.1, 0.15) is 25.5 Å². The van der Waals surface area contributed by atoms with E-state index in [9.17, 15) is 0 Å². The molecule has 0 unspecified atom stereocenters. The standard InChI is InChI=1S/C11H16N4/c1-7(2)15-9-5-3-4-8(6-12)10(9)14-11(15)13/h3-5,7H,6,12H2,1-2H3,(H2,13,14). The molecule has 0 saturated heterocycles. The molecule has 4 heteroatoms. The van der Waals surface area contributed by atoms with Crippen LogP contribution < -0.4 is 11.5 Å². The molecule has 0 saturated carbocycles. The molecule has 80 valence electrons. The van der Waals surface area contributed by atoms with E-state index >= 15 is 0 Å². The Morgan fingerprint density at radius 2 is 2.13 bits per heavy atom. The third-order valence-electron chi connectivity index (χ3n) is 2.57. The molecule has 1 aromatic heterocycles. The van der Waals surface area contributed by atoms with E-state index in [4.69, 9.17) is 11.5 Å². The number of rotatable bonds is 2. The van der Waals surface area contributed by atoms with E-state index in [-0.39, 0.29) is 0 Å². The van der Waals surface area contributed by atoms with Crippen molar-refractivity contribution in [1.29, 1.82) is 0 Å². The maximum atomic E-state index is 5.89. The molecule has 0 aliphatic rings. The normalized spacial score (nSPS) is 11.5. The Balaban J connectivity index is 2.78. The second kappa shape index (κ2) is 3.55. The first-order valence-electron chi connectivity index (χ1n) is 5.10. The summed E-state index contributed by atoms with van der Waals surface area (Å²) >= 11 is 0. The summed E-state index contributed by atoms with van der Waals surface area (Å²) in [6, 6.07) is 6.31. The van der Waals surface area contributed by atoms with Crippen molar-refractivity contribution < 1.29 is 0 Å². The molecule has 1 aromatic carbocycles. The fourth-order valence-corrected chi connectivity index (χ4v) is 1.90. The zero-order valence-electron chi connectivity index (χ0n) is 9.07. The van der Waals surface area contributed by atoms with Crippen molar-refractivity contribution in [2.45, 2.75) is 26.4 Å². The summed E-state index contributed by atoms with van der Waals surface area (Å²) in [5, 5.41) is 0. The molecule has 1 heterocycles. The van der Waals surface area contributed by atoms with Crippen LogP contribution >= 0.6 is 0 Å². The maximum absolute atomic E-state index is 5.89. The SMILES string of the molecule is CC(C)n1c(N)nc2c(CN)cccc21. The number of anilines is 1. The Kier molecular flexibility index (Phi) is 2.36. The number of para-hydroxylation sites is 1. The molecule has 0 bridgehead atoms. The van der Waals surface area contributed by atoms with Crippen molar-refractivity contribution in [3.63, 3.8) is 0 Å². The van der Waals surface area contributed by atoms with Crippen molar-refractivity contribution in [1.82, 2.24) is 9.55 Å². The highest BCUT2D eigenvalue weighted by Gasteiger charge is 2.12. The lowest BCUT2D eigenvalue weighted by Crippen LogP contribution is -2.05. The first-order chi connectivity index (χ1) is 7.15. The summed E-state index contributed by atoms with van der Waals surface area (Å²) in [6.45, 7) is 4.67. The zero-order valence-corrected chi connectivity index (χ0v) is 9.07. The Morgan fingerprint density at radius 3 is 2.73 bits per heavy atom. The van der Waals surface area contributed by atoms with Crippen molar-refractivity contribution in [2.24, 2.45) is 5.73 Å². The number of benzene rings is 1. The summed E-state index contributed by atoms with van der Waals surface area (Å²) < 4.78 is 2.02. The largest absolute Gasteiger partial charge is 0.369 e. The van der Waals surface area contributed by atoms with Crippen LogP contribution in [0.15, 0.2) is 18.2 Å². The summed E-state index contributed by atoms with van der Waals surface area (Å²) in [6.07, 6.45) is 0. The summed E-state index contributed by atoms with van der Waals surface area (Å²) in [5.41, 5.74) is 14.6. The van der Waals surface area contributed by atoms with Gasteiger partial charge >= 0.3 is 0 Å². The van der Waals surface area contributed by atoms with E-state index < -0.39 is 0 Å². The van der Waals surface area contributed by atoms with Gasteiger partial charge in [-0.25, -0.2) is 4.98 Å². The number of nitrogen functional groups attached to an aromatic ring is 1. The fourth-order valence-electron chi connectivity index (χ4n) is 1.90. The molecule has 0 atom stereocenters. The van der Waals surface area contributed by atoms with Crippen LogP contribution in [-0.2, 0) is 6.54 Å². The Labute approximate surface area is 88.9 Å². The van der Waals surface area contributed by atoms with Crippen LogP contribution in [0.4, 0.5) is 5.95 Å². The van der Waals surface area contributed by atoms with Crippen molar-refractivity contribution in [2.75, 3.05) is 5.73 Å². The third-order valence-corrected chi connectivity index (χ3v) is 2.57. The third kappa shape index (κ3) is 1.47. The van der Waals surface area contributed by atoms with Gasteiger partial charge in [-0.15, -0.1) is 0 Å². The predicted octanol–water partition coefficient (Wildman–Crippen LogP) is 1.66. The van der Waals surface area contributed by atoms with Crippen LogP contribution in [0.25, 0.3) is 11.0 Å². The van der Waals surface area contributed by atoms with E-state index in [1.807, 2.05) is 22.8 Å². The number of nitrogens with two attached hydrogens (primary N) is 2. The van der Waals surface area contributed by atoms with E-state index in [0.29, 0.717) is 18.5 Å². The molecule has 15 heavy (non-hydrogen) atoms. The fraction of sp³-hybridized carbons (Fsp3) is 0.364. The second-order valence-corrected chi connectivity index (χ2v) is 3.92. The van der Waals surface area contributed by atoms with Crippen LogP contribution in [0.2, 0.25) is 0 Å². The molecule has 0 amide bonds. The van der Waals surface area contributed by atoms with E-state index in [2.05, 4.69) is 18.8 Å². The lowest BCUT2D eigenvalue weighted by molar-refractivity contribution is 0.627. The lowest BCUT2D eigenvalue weighted by atomic mass is 10.2. The first kappa shape index (κ1) is 9.98. The van der Waals surface area contributed by atoms with Gasteiger partial charge in [-0.2, -0.15) is 0 Å².